The van der Waals surface area contributed by atoms with Crippen LogP contribution in [0.2, 0.25) is 0 Å². The number of aromatic amines is 1. The van der Waals surface area contributed by atoms with Gasteiger partial charge in [-0.15, -0.1) is 0 Å². The number of rotatable bonds is 4. The largest absolute Gasteiger partial charge is 0.271 e. The molecule has 1 atom stereocenters. The average molecular weight is 235 g/mol. The molecule has 1 aromatic carbocycles. The van der Waals surface area contributed by atoms with Crippen LogP contribution in [0.3, 0.4) is 0 Å². The minimum atomic E-state index is -0.249. The highest BCUT2D eigenvalue weighted by Gasteiger charge is 2.14. The Balaban J connectivity index is 2.21. The third-order valence-electron chi connectivity index (χ3n) is 2.73. The van der Waals surface area contributed by atoms with Crippen molar-refractivity contribution in [3.8, 4) is 0 Å². The van der Waals surface area contributed by atoms with Gasteiger partial charge in [0.25, 0.3) is 0 Å². The van der Waals surface area contributed by atoms with Crippen LogP contribution in [0.5, 0.6) is 0 Å². The molecular formula is C11H14FN5. The maximum absolute atomic E-state index is 13.2. The van der Waals surface area contributed by atoms with Gasteiger partial charge in [0, 0.05) is 0 Å². The summed E-state index contributed by atoms with van der Waals surface area (Å²) in [5, 5.41) is 10.2. The van der Waals surface area contributed by atoms with E-state index in [1.165, 1.54) is 12.1 Å². The first-order valence-electron chi connectivity index (χ1n) is 5.27. The molecule has 1 unspecified atom stereocenters. The van der Waals surface area contributed by atoms with Gasteiger partial charge < -0.3 is 0 Å². The summed E-state index contributed by atoms with van der Waals surface area (Å²) in [7, 11) is 0. The van der Waals surface area contributed by atoms with Crippen molar-refractivity contribution in [3.63, 3.8) is 0 Å². The summed E-state index contributed by atoms with van der Waals surface area (Å²) in [4.78, 5) is 0. The molecule has 6 heteroatoms. The van der Waals surface area contributed by atoms with Crippen LogP contribution in [0.1, 0.15) is 22.9 Å². The highest BCUT2D eigenvalue weighted by molar-refractivity contribution is 5.28. The maximum Gasteiger partial charge on any atom is 0.123 e. The Morgan fingerprint density at radius 3 is 3.00 bits per heavy atom. The summed E-state index contributed by atoms with van der Waals surface area (Å²) >= 11 is 0. The van der Waals surface area contributed by atoms with Gasteiger partial charge in [0.15, 0.2) is 0 Å². The highest BCUT2D eigenvalue weighted by Crippen LogP contribution is 2.18. The number of aromatic nitrogens is 3. The van der Waals surface area contributed by atoms with Crippen LogP contribution >= 0.6 is 0 Å². The number of nitrogens with two attached hydrogens (primary N) is 1. The van der Waals surface area contributed by atoms with Gasteiger partial charge in [-0.25, -0.2) is 4.39 Å². The molecule has 0 bridgehead atoms. The van der Waals surface area contributed by atoms with Gasteiger partial charge in [0.1, 0.15) is 11.5 Å². The van der Waals surface area contributed by atoms with E-state index in [1.807, 2.05) is 6.92 Å². The predicted octanol–water partition coefficient (Wildman–Crippen LogP) is 0.999. The van der Waals surface area contributed by atoms with E-state index >= 15 is 0 Å². The normalized spacial score (nSPS) is 12.6. The van der Waals surface area contributed by atoms with Crippen LogP contribution in [0.15, 0.2) is 24.4 Å². The fourth-order valence-electron chi connectivity index (χ4n) is 1.71. The van der Waals surface area contributed by atoms with Crippen LogP contribution in [-0.4, -0.2) is 15.4 Å². The summed E-state index contributed by atoms with van der Waals surface area (Å²) in [5.41, 5.74) is 5.28. The summed E-state index contributed by atoms with van der Waals surface area (Å²) in [6.45, 7) is 1.94. The fraction of sp³-hybridized carbons (Fsp3) is 0.273. The van der Waals surface area contributed by atoms with E-state index in [4.69, 9.17) is 5.84 Å². The minimum absolute atomic E-state index is 0.186. The van der Waals surface area contributed by atoms with Crippen molar-refractivity contribution in [1.29, 1.82) is 0 Å². The number of nitrogens with zero attached hydrogens (tertiary/aromatic N) is 2. The van der Waals surface area contributed by atoms with Crippen LogP contribution in [0, 0.1) is 12.7 Å². The molecule has 0 saturated carbocycles. The summed E-state index contributed by atoms with van der Waals surface area (Å²) < 4.78 is 13.2. The molecule has 17 heavy (non-hydrogen) atoms. The first-order valence-corrected chi connectivity index (χ1v) is 5.27. The zero-order chi connectivity index (χ0) is 12.3. The van der Waals surface area contributed by atoms with E-state index in [2.05, 4.69) is 20.8 Å². The molecule has 0 fully saturated rings. The zero-order valence-corrected chi connectivity index (χ0v) is 9.44. The quantitative estimate of drug-likeness (QED) is 0.545. The van der Waals surface area contributed by atoms with E-state index in [1.54, 1.807) is 12.3 Å². The van der Waals surface area contributed by atoms with E-state index in [0.717, 1.165) is 11.1 Å². The molecule has 0 amide bonds. The van der Waals surface area contributed by atoms with Gasteiger partial charge in [-0.1, -0.05) is 6.07 Å². The summed E-state index contributed by atoms with van der Waals surface area (Å²) in [6, 6.07) is 4.52. The second-order valence-electron chi connectivity index (χ2n) is 3.89. The molecule has 90 valence electrons. The molecule has 0 aliphatic rings. The molecule has 0 saturated heterocycles. The monoisotopic (exact) mass is 235 g/mol. The van der Waals surface area contributed by atoms with Crippen molar-refractivity contribution < 1.29 is 4.39 Å². The van der Waals surface area contributed by atoms with Gasteiger partial charge in [-0.05, 0) is 36.6 Å². The summed E-state index contributed by atoms with van der Waals surface area (Å²) in [6.07, 6.45) is 2.16. The lowest BCUT2D eigenvalue weighted by Crippen LogP contribution is -2.30. The van der Waals surface area contributed by atoms with Crippen LogP contribution < -0.4 is 11.3 Å². The number of benzene rings is 1. The Morgan fingerprint density at radius 2 is 2.35 bits per heavy atom. The number of nitrogens with one attached hydrogen (secondary N) is 2. The number of halogens is 1. The third kappa shape index (κ3) is 2.66. The van der Waals surface area contributed by atoms with Crippen LogP contribution in [0.25, 0.3) is 0 Å². The van der Waals surface area contributed by atoms with Crippen molar-refractivity contribution in [3.05, 3.63) is 47.0 Å². The lowest BCUT2D eigenvalue weighted by molar-refractivity contribution is 0.533. The molecule has 2 rings (SSSR count). The molecule has 1 aromatic heterocycles. The van der Waals surface area contributed by atoms with Crippen molar-refractivity contribution in [2.75, 3.05) is 0 Å². The Hall–Kier alpha value is -1.79. The standard InChI is InChI=1S/C11H14FN5/c1-7-2-3-9(12)4-8(7)5-10(15-13)11-6-14-17-16-11/h2-4,6,10,15H,5,13H2,1H3,(H,14,16,17). The first-order chi connectivity index (χ1) is 8.20. The van der Waals surface area contributed by atoms with Crippen LogP contribution in [0.4, 0.5) is 4.39 Å². The van der Waals surface area contributed by atoms with E-state index in [-0.39, 0.29) is 11.9 Å². The predicted molar refractivity (Wildman–Crippen MR) is 61.3 cm³/mol. The lowest BCUT2D eigenvalue weighted by Gasteiger charge is -2.14. The van der Waals surface area contributed by atoms with Crippen molar-refractivity contribution in [2.45, 2.75) is 19.4 Å². The van der Waals surface area contributed by atoms with Gasteiger partial charge in [0.2, 0.25) is 0 Å². The minimum Gasteiger partial charge on any atom is -0.271 e. The van der Waals surface area contributed by atoms with Gasteiger partial charge >= 0.3 is 0 Å². The molecule has 0 spiro atoms. The SMILES string of the molecule is Cc1ccc(F)cc1CC(NN)c1cn[nH]n1. The smallest absolute Gasteiger partial charge is 0.123 e. The van der Waals surface area contributed by atoms with Gasteiger partial charge in [0.05, 0.1) is 12.2 Å². The molecule has 4 N–H and O–H groups in total. The Labute approximate surface area is 98.2 Å². The topological polar surface area (TPSA) is 79.6 Å². The van der Waals surface area contributed by atoms with E-state index < -0.39 is 0 Å². The number of aryl methyl sites for hydroxylation is 1. The molecule has 1 heterocycles. The second kappa shape index (κ2) is 5.03. The van der Waals surface area contributed by atoms with Crippen molar-refractivity contribution >= 4 is 0 Å². The second-order valence-corrected chi connectivity index (χ2v) is 3.89. The molecule has 2 aromatic rings. The lowest BCUT2D eigenvalue weighted by atomic mass is 10.00. The molecular weight excluding hydrogens is 221 g/mol. The zero-order valence-electron chi connectivity index (χ0n) is 9.44. The number of hydrazine groups is 1. The molecule has 5 nitrogen and oxygen atoms in total. The maximum atomic E-state index is 13.2. The average Bonchev–Trinajstić information content (AvgIpc) is 2.84. The third-order valence-corrected chi connectivity index (χ3v) is 2.73. The summed E-state index contributed by atoms with van der Waals surface area (Å²) in [5.74, 6) is 5.23. The first kappa shape index (κ1) is 11.7. The van der Waals surface area contributed by atoms with Crippen LogP contribution in [-0.2, 0) is 6.42 Å². The Kier molecular flexibility index (Phi) is 3.46. The van der Waals surface area contributed by atoms with Crippen molar-refractivity contribution in [2.24, 2.45) is 5.84 Å². The van der Waals surface area contributed by atoms with E-state index in [9.17, 15) is 4.39 Å². The van der Waals surface area contributed by atoms with Crippen molar-refractivity contribution in [1.82, 2.24) is 20.8 Å². The number of H-pyrrole nitrogens is 1. The molecule has 0 aliphatic carbocycles. The molecule has 0 aliphatic heterocycles. The number of hydrogen-bond donors (Lipinski definition) is 3. The molecule has 0 radical (unpaired) electrons. The highest BCUT2D eigenvalue weighted by atomic mass is 19.1. The Morgan fingerprint density at radius 1 is 1.53 bits per heavy atom. The van der Waals surface area contributed by atoms with Gasteiger partial charge in [-0.3, -0.25) is 11.3 Å². The van der Waals surface area contributed by atoms with E-state index in [0.29, 0.717) is 12.1 Å². The number of hydrogen-bond acceptors (Lipinski definition) is 4. The fourth-order valence-corrected chi connectivity index (χ4v) is 1.71. The van der Waals surface area contributed by atoms with Gasteiger partial charge in [-0.2, -0.15) is 15.4 Å². The Bertz CT molecular complexity index is 483.